The maximum atomic E-state index is 12.5. The summed E-state index contributed by atoms with van der Waals surface area (Å²) < 4.78 is 10.5. The fourth-order valence-corrected chi connectivity index (χ4v) is 2.36. The van der Waals surface area contributed by atoms with E-state index in [9.17, 15) is 9.59 Å². The van der Waals surface area contributed by atoms with Gasteiger partial charge in [0, 0.05) is 25.1 Å². The molecule has 0 spiro atoms. The van der Waals surface area contributed by atoms with E-state index in [1.807, 2.05) is 0 Å². The minimum atomic E-state index is -0.148. The summed E-state index contributed by atoms with van der Waals surface area (Å²) in [4.78, 5) is 26.1. The maximum Gasteiger partial charge on any atom is 0.254 e. The Morgan fingerprint density at radius 2 is 2.04 bits per heavy atom. The van der Waals surface area contributed by atoms with Crippen molar-refractivity contribution in [2.75, 3.05) is 45.3 Å². The van der Waals surface area contributed by atoms with Crippen LogP contribution in [0.1, 0.15) is 23.2 Å². The number of anilines is 1. The molecule has 134 valence electrons. The van der Waals surface area contributed by atoms with Crippen molar-refractivity contribution in [2.24, 2.45) is 5.73 Å². The number of hydrogen-bond donors (Lipinski definition) is 2. The van der Waals surface area contributed by atoms with Gasteiger partial charge in [0.25, 0.3) is 5.91 Å². The van der Waals surface area contributed by atoms with E-state index >= 15 is 0 Å². The molecule has 7 nitrogen and oxygen atoms in total. The number of rotatable bonds is 6. The van der Waals surface area contributed by atoms with Crippen LogP contribution in [-0.2, 0) is 9.53 Å². The SMILES string of the molecule is COc1ccc(C(=O)N2CCOCC2)cc1NC(=O)CCCN.Cl. The quantitative estimate of drug-likeness (QED) is 0.799. The average Bonchev–Trinajstić information content (AvgIpc) is 2.60. The smallest absolute Gasteiger partial charge is 0.254 e. The summed E-state index contributed by atoms with van der Waals surface area (Å²) in [6.07, 6.45) is 0.946. The predicted octanol–water partition coefficient (Wildman–Crippen LogP) is 1.27. The summed E-state index contributed by atoms with van der Waals surface area (Å²) in [6, 6.07) is 5.04. The molecule has 1 fully saturated rings. The van der Waals surface area contributed by atoms with Gasteiger partial charge in [0.2, 0.25) is 5.91 Å². The number of methoxy groups -OCH3 is 1. The maximum absolute atomic E-state index is 12.5. The van der Waals surface area contributed by atoms with Gasteiger partial charge in [-0.2, -0.15) is 0 Å². The van der Waals surface area contributed by atoms with Gasteiger partial charge in [0.05, 0.1) is 26.0 Å². The molecule has 0 aliphatic carbocycles. The monoisotopic (exact) mass is 357 g/mol. The second-order valence-corrected chi connectivity index (χ2v) is 5.26. The van der Waals surface area contributed by atoms with E-state index in [-0.39, 0.29) is 24.2 Å². The summed E-state index contributed by atoms with van der Waals surface area (Å²) in [7, 11) is 1.52. The first-order chi connectivity index (χ1) is 11.2. The molecule has 0 saturated carbocycles. The summed E-state index contributed by atoms with van der Waals surface area (Å²) in [5.74, 6) is 0.294. The van der Waals surface area contributed by atoms with Crippen molar-refractivity contribution in [1.82, 2.24) is 4.90 Å². The minimum Gasteiger partial charge on any atom is -0.495 e. The summed E-state index contributed by atoms with van der Waals surface area (Å²) in [5.41, 5.74) is 6.42. The second kappa shape index (κ2) is 10.1. The van der Waals surface area contributed by atoms with Crippen molar-refractivity contribution in [3.63, 3.8) is 0 Å². The van der Waals surface area contributed by atoms with Crippen LogP contribution in [-0.4, -0.2) is 56.7 Å². The van der Waals surface area contributed by atoms with Gasteiger partial charge in [-0.3, -0.25) is 9.59 Å². The molecule has 0 atom stereocenters. The molecular formula is C16H24ClN3O4. The lowest BCUT2D eigenvalue weighted by Gasteiger charge is -2.27. The zero-order chi connectivity index (χ0) is 16.7. The molecule has 1 aliphatic heterocycles. The van der Waals surface area contributed by atoms with Gasteiger partial charge in [-0.15, -0.1) is 12.4 Å². The first-order valence-electron chi connectivity index (χ1n) is 7.70. The van der Waals surface area contributed by atoms with E-state index < -0.39 is 0 Å². The van der Waals surface area contributed by atoms with Crippen molar-refractivity contribution >= 4 is 29.9 Å². The van der Waals surface area contributed by atoms with Crippen molar-refractivity contribution in [3.8, 4) is 5.75 Å². The van der Waals surface area contributed by atoms with Crippen molar-refractivity contribution in [2.45, 2.75) is 12.8 Å². The Morgan fingerprint density at radius 3 is 2.67 bits per heavy atom. The molecule has 1 saturated heterocycles. The largest absolute Gasteiger partial charge is 0.495 e. The lowest BCUT2D eigenvalue weighted by Crippen LogP contribution is -2.40. The fourth-order valence-electron chi connectivity index (χ4n) is 2.36. The average molecular weight is 358 g/mol. The molecule has 1 heterocycles. The first-order valence-corrected chi connectivity index (χ1v) is 7.70. The third-order valence-electron chi connectivity index (χ3n) is 3.63. The van der Waals surface area contributed by atoms with Crippen LogP contribution in [0.2, 0.25) is 0 Å². The van der Waals surface area contributed by atoms with E-state index in [2.05, 4.69) is 5.32 Å². The summed E-state index contributed by atoms with van der Waals surface area (Å²) in [5, 5.41) is 2.78. The number of amides is 2. The van der Waals surface area contributed by atoms with Crippen molar-refractivity contribution < 1.29 is 19.1 Å². The van der Waals surface area contributed by atoms with Gasteiger partial charge >= 0.3 is 0 Å². The molecule has 24 heavy (non-hydrogen) atoms. The molecule has 3 N–H and O–H groups in total. The highest BCUT2D eigenvalue weighted by atomic mass is 35.5. The van der Waals surface area contributed by atoms with Gasteiger partial charge in [-0.05, 0) is 31.2 Å². The van der Waals surface area contributed by atoms with Crippen LogP contribution in [0.5, 0.6) is 5.75 Å². The number of halogens is 1. The third kappa shape index (κ3) is 5.36. The Morgan fingerprint density at radius 1 is 1.33 bits per heavy atom. The van der Waals surface area contributed by atoms with Gasteiger partial charge in [0.15, 0.2) is 0 Å². The van der Waals surface area contributed by atoms with E-state index in [1.54, 1.807) is 23.1 Å². The number of ether oxygens (including phenoxy) is 2. The Bertz CT molecular complexity index is 562. The van der Waals surface area contributed by atoms with E-state index in [0.29, 0.717) is 62.7 Å². The highest BCUT2D eigenvalue weighted by Crippen LogP contribution is 2.26. The first kappa shape index (κ1) is 20.2. The molecule has 8 heteroatoms. The standard InChI is InChI=1S/C16H23N3O4.ClH/c1-22-14-5-4-12(16(21)19-7-9-23-10-8-19)11-13(14)18-15(20)3-2-6-17;/h4-5,11H,2-3,6-10,17H2,1H3,(H,18,20);1H. The Kier molecular flexibility index (Phi) is 8.53. The number of hydrogen-bond acceptors (Lipinski definition) is 5. The van der Waals surface area contributed by atoms with E-state index in [4.69, 9.17) is 15.2 Å². The second-order valence-electron chi connectivity index (χ2n) is 5.26. The van der Waals surface area contributed by atoms with Gasteiger partial charge in [-0.1, -0.05) is 0 Å². The zero-order valence-corrected chi connectivity index (χ0v) is 14.6. The Labute approximate surface area is 147 Å². The molecule has 0 radical (unpaired) electrons. The third-order valence-corrected chi connectivity index (χ3v) is 3.63. The zero-order valence-electron chi connectivity index (χ0n) is 13.7. The molecule has 1 aromatic carbocycles. The number of nitrogens with one attached hydrogen (secondary N) is 1. The Hall–Kier alpha value is -1.83. The van der Waals surface area contributed by atoms with Gasteiger partial charge in [0.1, 0.15) is 5.75 Å². The van der Waals surface area contributed by atoms with Crippen LogP contribution < -0.4 is 15.8 Å². The number of morpholine rings is 1. The lowest BCUT2D eigenvalue weighted by atomic mass is 10.1. The molecule has 2 amide bonds. The Balaban J connectivity index is 0.00000288. The highest BCUT2D eigenvalue weighted by molar-refractivity contribution is 5.98. The van der Waals surface area contributed by atoms with Crippen LogP contribution in [0.3, 0.4) is 0 Å². The highest BCUT2D eigenvalue weighted by Gasteiger charge is 2.20. The summed E-state index contributed by atoms with van der Waals surface area (Å²) >= 11 is 0. The number of nitrogens with zero attached hydrogens (tertiary/aromatic N) is 1. The van der Waals surface area contributed by atoms with Crippen LogP contribution in [0.4, 0.5) is 5.69 Å². The van der Waals surface area contributed by atoms with Crippen LogP contribution in [0.25, 0.3) is 0 Å². The number of carbonyl (C=O) groups is 2. The van der Waals surface area contributed by atoms with Crippen molar-refractivity contribution in [3.05, 3.63) is 23.8 Å². The number of nitrogens with two attached hydrogens (primary N) is 1. The number of benzene rings is 1. The van der Waals surface area contributed by atoms with Crippen LogP contribution >= 0.6 is 12.4 Å². The predicted molar refractivity (Wildman–Crippen MR) is 93.9 cm³/mol. The van der Waals surface area contributed by atoms with Crippen LogP contribution in [0.15, 0.2) is 18.2 Å². The normalized spacial score (nSPS) is 13.8. The van der Waals surface area contributed by atoms with Crippen LogP contribution in [0, 0.1) is 0 Å². The molecule has 0 bridgehead atoms. The lowest BCUT2D eigenvalue weighted by molar-refractivity contribution is -0.116. The molecule has 0 aromatic heterocycles. The minimum absolute atomic E-state index is 0. The van der Waals surface area contributed by atoms with Gasteiger partial charge in [-0.25, -0.2) is 0 Å². The van der Waals surface area contributed by atoms with E-state index in [1.165, 1.54) is 7.11 Å². The van der Waals surface area contributed by atoms with E-state index in [0.717, 1.165) is 0 Å². The topological polar surface area (TPSA) is 93.9 Å². The molecular weight excluding hydrogens is 334 g/mol. The molecule has 1 aromatic rings. The molecule has 1 aliphatic rings. The molecule has 0 unspecified atom stereocenters. The summed E-state index contributed by atoms with van der Waals surface area (Å²) in [6.45, 7) is 2.70. The molecule has 2 rings (SSSR count). The number of carbonyl (C=O) groups excluding carboxylic acids is 2. The van der Waals surface area contributed by atoms with Crippen molar-refractivity contribution in [1.29, 1.82) is 0 Å². The fraction of sp³-hybridized carbons (Fsp3) is 0.500. The van der Waals surface area contributed by atoms with Gasteiger partial charge < -0.3 is 25.4 Å².